The predicted molar refractivity (Wildman–Crippen MR) is 89.9 cm³/mol. The van der Waals surface area contributed by atoms with E-state index in [-0.39, 0.29) is 49.6 Å². The van der Waals surface area contributed by atoms with Crippen LogP contribution in [0.15, 0.2) is 24.3 Å². The van der Waals surface area contributed by atoms with Crippen molar-refractivity contribution in [3.05, 3.63) is 35.4 Å². The van der Waals surface area contributed by atoms with Crippen molar-refractivity contribution in [1.82, 2.24) is 9.80 Å². The Morgan fingerprint density at radius 2 is 1.68 bits per heavy atom. The van der Waals surface area contributed by atoms with Crippen molar-refractivity contribution >= 4 is 23.7 Å². The molecule has 7 heteroatoms. The summed E-state index contributed by atoms with van der Waals surface area (Å²) in [5, 5.41) is 0. The number of carbonyl (C=O) groups excluding carboxylic acids is 4. The molecule has 1 aromatic carbocycles. The Kier molecular flexibility index (Phi) is 6.27. The van der Waals surface area contributed by atoms with Crippen LogP contribution in [-0.4, -0.2) is 60.2 Å². The molecule has 7 nitrogen and oxygen atoms in total. The van der Waals surface area contributed by atoms with Gasteiger partial charge in [0.05, 0.1) is 24.2 Å². The first-order valence-electron chi connectivity index (χ1n) is 8.30. The molecule has 0 N–H and O–H groups in total. The first-order chi connectivity index (χ1) is 12.0. The van der Waals surface area contributed by atoms with E-state index in [1.165, 1.54) is 9.80 Å². The van der Waals surface area contributed by atoms with Gasteiger partial charge < -0.3 is 9.64 Å². The lowest BCUT2D eigenvalue weighted by Crippen LogP contribution is -2.33. The number of hydrogen-bond acceptors (Lipinski definition) is 5. The molecule has 0 spiro atoms. The lowest BCUT2D eigenvalue weighted by molar-refractivity contribution is -0.143. The largest absolute Gasteiger partial charge is 0.466 e. The zero-order valence-corrected chi connectivity index (χ0v) is 14.5. The molecule has 0 fully saturated rings. The summed E-state index contributed by atoms with van der Waals surface area (Å²) in [6.45, 7) is 2.53. The minimum Gasteiger partial charge on any atom is -0.466 e. The molecule has 0 saturated heterocycles. The van der Waals surface area contributed by atoms with Crippen molar-refractivity contribution in [3.63, 3.8) is 0 Å². The van der Waals surface area contributed by atoms with Crippen LogP contribution in [-0.2, 0) is 14.3 Å². The number of imide groups is 1. The van der Waals surface area contributed by atoms with Gasteiger partial charge in [-0.2, -0.15) is 0 Å². The third kappa shape index (κ3) is 4.43. The van der Waals surface area contributed by atoms with Gasteiger partial charge in [0.1, 0.15) is 0 Å². The second-order valence-corrected chi connectivity index (χ2v) is 5.78. The first-order valence-corrected chi connectivity index (χ1v) is 8.30. The van der Waals surface area contributed by atoms with Gasteiger partial charge in [-0.05, 0) is 25.5 Å². The van der Waals surface area contributed by atoms with Crippen LogP contribution >= 0.6 is 0 Å². The Labute approximate surface area is 146 Å². The number of hydrogen-bond donors (Lipinski definition) is 0. The van der Waals surface area contributed by atoms with E-state index in [0.29, 0.717) is 24.2 Å². The van der Waals surface area contributed by atoms with Crippen molar-refractivity contribution in [1.29, 1.82) is 0 Å². The fourth-order valence-corrected chi connectivity index (χ4v) is 2.64. The Morgan fingerprint density at radius 1 is 1.08 bits per heavy atom. The molecule has 0 unspecified atom stereocenters. The van der Waals surface area contributed by atoms with Gasteiger partial charge in [-0.15, -0.1) is 0 Å². The van der Waals surface area contributed by atoms with Crippen LogP contribution in [0.25, 0.3) is 0 Å². The number of carbonyl (C=O) groups is 4. The molecule has 1 aliphatic heterocycles. The molecule has 0 radical (unpaired) electrons. The lowest BCUT2D eigenvalue weighted by Gasteiger charge is -2.18. The summed E-state index contributed by atoms with van der Waals surface area (Å²) in [5.74, 6) is -1.11. The van der Waals surface area contributed by atoms with Crippen molar-refractivity contribution < 1.29 is 23.9 Å². The second kappa shape index (κ2) is 8.41. The van der Waals surface area contributed by atoms with Crippen LogP contribution in [0.2, 0.25) is 0 Å². The maximum Gasteiger partial charge on any atom is 0.307 e. The van der Waals surface area contributed by atoms with E-state index in [9.17, 15) is 19.2 Å². The number of esters is 1. The molecule has 0 atom stereocenters. The van der Waals surface area contributed by atoms with Crippen molar-refractivity contribution in [3.8, 4) is 0 Å². The molecule has 1 heterocycles. The molecule has 1 aliphatic rings. The van der Waals surface area contributed by atoms with E-state index in [2.05, 4.69) is 0 Å². The van der Waals surface area contributed by atoms with Crippen molar-refractivity contribution in [2.75, 3.05) is 26.7 Å². The van der Waals surface area contributed by atoms with E-state index in [1.807, 2.05) is 0 Å². The molecule has 0 saturated carbocycles. The van der Waals surface area contributed by atoms with E-state index in [0.717, 1.165) is 0 Å². The van der Waals surface area contributed by atoms with E-state index in [4.69, 9.17) is 4.74 Å². The molecule has 25 heavy (non-hydrogen) atoms. The Hall–Kier alpha value is -2.70. The first kappa shape index (κ1) is 18.6. The summed E-state index contributed by atoms with van der Waals surface area (Å²) in [6, 6.07) is 6.69. The molecule has 134 valence electrons. The van der Waals surface area contributed by atoms with Crippen LogP contribution < -0.4 is 0 Å². The fraction of sp³-hybridized carbons (Fsp3) is 0.444. The van der Waals surface area contributed by atoms with Gasteiger partial charge in [0, 0.05) is 26.6 Å². The van der Waals surface area contributed by atoms with Gasteiger partial charge in [-0.3, -0.25) is 24.1 Å². The third-order valence-corrected chi connectivity index (χ3v) is 4.03. The molecule has 0 aromatic heterocycles. The van der Waals surface area contributed by atoms with Gasteiger partial charge >= 0.3 is 5.97 Å². The monoisotopic (exact) mass is 346 g/mol. The second-order valence-electron chi connectivity index (χ2n) is 5.78. The number of amides is 3. The Morgan fingerprint density at radius 3 is 2.24 bits per heavy atom. The quantitative estimate of drug-likeness (QED) is 0.526. The zero-order chi connectivity index (χ0) is 18.4. The van der Waals surface area contributed by atoms with E-state index >= 15 is 0 Å². The number of fused-ring (bicyclic) bond motifs is 1. The molecule has 0 bridgehead atoms. The van der Waals surface area contributed by atoms with Gasteiger partial charge in [0.25, 0.3) is 11.8 Å². The average Bonchev–Trinajstić information content (AvgIpc) is 2.85. The van der Waals surface area contributed by atoms with Gasteiger partial charge in [-0.1, -0.05) is 12.1 Å². The average molecular weight is 346 g/mol. The highest BCUT2D eigenvalue weighted by molar-refractivity contribution is 6.21. The van der Waals surface area contributed by atoms with E-state index in [1.54, 1.807) is 38.2 Å². The summed E-state index contributed by atoms with van der Waals surface area (Å²) in [5.41, 5.74) is 0.816. The summed E-state index contributed by atoms with van der Waals surface area (Å²) in [6.07, 6.45) is 0.731. The van der Waals surface area contributed by atoms with Crippen LogP contribution in [0.4, 0.5) is 0 Å². The van der Waals surface area contributed by atoms with Gasteiger partial charge in [0.2, 0.25) is 5.91 Å². The molecule has 1 aromatic rings. The Bertz CT molecular complexity index is 651. The summed E-state index contributed by atoms with van der Waals surface area (Å²) in [7, 11) is 1.61. The van der Waals surface area contributed by atoms with Crippen molar-refractivity contribution in [2.24, 2.45) is 0 Å². The standard InChI is InChI=1S/C18H22N2O5/c1-3-25-16(22)10-12-19(2)15(21)9-6-11-20-17(23)13-7-4-5-8-14(13)18(20)24/h4-5,7-8H,3,6,9-12H2,1-2H3. The van der Waals surface area contributed by atoms with Crippen LogP contribution in [0.3, 0.4) is 0 Å². The number of benzene rings is 1. The summed E-state index contributed by atoms with van der Waals surface area (Å²) < 4.78 is 4.82. The predicted octanol–water partition coefficient (Wildman–Crippen LogP) is 1.47. The van der Waals surface area contributed by atoms with Crippen LogP contribution in [0.1, 0.15) is 46.9 Å². The van der Waals surface area contributed by atoms with Crippen molar-refractivity contribution in [2.45, 2.75) is 26.2 Å². The van der Waals surface area contributed by atoms with Crippen LogP contribution in [0, 0.1) is 0 Å². The third-order valence-electron chi connectivity index (χ3n) is 4.03. The summed E-state index contributed by atoms with van der Waals surface area (Å²) in [4.78, 5) is 50.4. The summed E-state index contributed by atoms with van der Waals surface area (Å²) >= 11 is 0. The smallest absolute Gasteiger partial charge is 0.307 e. The highest BCUT2D eigenvalue weighted by Crippen LogP contribution is 2.22. The molecular formula is C18H22N2O5. The number of rotatable bonds is 8. The van der Waals surface area contributed by atoms with Crippen LogP contribution in [0.5, 0.6) is 0 Å². The molecule has 3 amide bonds. The lowest BCUT2D eigenvalue weighted by atomic mass is 10.1. The maximum absolute atomic E-state index is 12.2. The molecule has 2 rings (SSSR count). The minimum atomic E-state index is -0.340. The number of ether oxygens (including phenoxy) is 1. The molecular weight excluding hydrogens is 324 g/mol. The van der Waals surface area contributed by atoms with Gasteiger partial charge in [0.15, 0.2) is 0 Å². The topological polar surface area (TPSA) is 84.0 Å². The molecule has 0 aliphatic carbocycles. The maximum atomic E-state index is 12.2. The minimum absolute atomic E-state index is 0.138. The Balaban J connectivity index is 1.77. The number of nitrogens with zero attached hydrogens (tertiary/aromatic N) is 2. The zero-order valence-electron chi connectivity index (χ0n) is 14.5. The highest BCUT2D eigenvalue weighted by atomic mass is 16.5. The normalized spacial score (nSPS) is 13.0. The fourth-order valence-electron chi connectivity index (χ4n) is 2.64. The van der Waals surface area contributed by atoms with E-state index < -0.39 is 0 Å². The van der Waals surface area contributed by atoms with Gasteiger partial charge in [-0.25, -0.2) is 0 Å². The highest BCUT2D eigenvalue weighted by Gasteiger charge is 2.34. The SMILES string of the molecule is CCOC(=O)CCN(C)C(=O)CCCN1C(=O)c2ccccc2C1=O.